The molecule has 4 aromatic rings. The molecule has 0 saturated carbocycles. The van der Waals surface area contributed by atoms with E-state index in [4.69, 9.17) is 11.6 Å². The first-order valence-corrected chi connectivity index (χ1v) is 9.69. The second kappa shape index (κ2) is 6.07. The lowest BCUT2D eigenvalue weighted by Gasteiger charge is -2.10. The minimum Gasteiger partial charge on any atom is -0.330 e. The molecule has 0 spiro atoms. The van der Waals surface area contributed by atoms with Crippen molar-refractivity contribution in [2.75, 3.05) is 5.75 Å². The van der Waals surface area contributed by atoms with Gasteiger partial charge in [0, 0.05) is 28.3 Å². The van der Waals surface area contributed by atoms with Gasteiger partial charge in [0.05, 0.1) is 12.1 Å². The summed E-state index contributed by atoms with van der Waals surface area (Å²) in [6, 6.07) is 8.73. The monoisotopic (exact) mass is 403 g/mol. The second-order valence-corrected chi connectivity index (χ2v) is 7.81. The fourth-order valence-corrected chi connectivity index (χ4v) is 4.72. The molecule has 1 aliphatic rings. The standard InChI is InChI=1S/C19H12ClF2N3OS/c20-13-2-1-3-14(22)12(13)9-25-15-5-4-10(21)8-11(15)16-17(25)18(26)24-6-7-27-19(24)23-16/h1-5,8H,6-7,9H2. The van der Waals surface area contributed by atoms with E-state index in [0.29, 0.717) is 33.6 Å². The Hall–Kier alpha value is -2.38. The number of aromatic nitrogens is 3. The van der Waals surface area contributed by atoms with E-state index >= 15 is 0 Å². The fraction of sp³-hybridized carbons (Fsp3) is 0.158. The second-order valence-electron chi connectivity index (χ2n) is 6.34. The Morgan fingerprint density at radius 2 is 2.07 bits per heavy atom. The zero-order chi connectivity index (χ0) is 18.7. The minimum absolute atomic E-state index is 0.0561. The van der Waals surface area contributed by atoms with Crippen molar-refractivity contribution in [3.05, 3.63) is 69.0 Å². The molecule has 0 aliphatic carbocycles. The van der Waals surface area contributed by atoms with Gasteiger partial charge in [-0.05, 0) is 30.3 Å². The maximum absolute atomic E-state index is 14.4. The average molecular weight is 404 g/mol. The highest BCUT2D eigenvalue weighted by Gasteiger charge is 2.23. The van der Waals surface area contributed by atoms with Crippen LogP contribution < -0.4 is 5.56 Å². The first-order chi connectivity index (χ1) is 13.0. The number of halogens is 3. The van der Waals surface area contributed by atoms with Gasteiger partial charge in [0.2, 0.25) is 0 Å². The average Bonchev–Trinajstić information content (AvgIpc) is 3.22. The van der Waals surface area contributed by atoms with Crippen LogP contribution in [0.15, 0.2) is 46.3 Å². The van der Waals surface area contributed by atoms with Crippen LogP contribution in [0.5, 0.6) is 0 Å². The van der Waals surface area contributed by atoms with E-state index in [2.05, 4.69) is 4.98 Å². The van der Waals surface area contributed by atoms with Crippen molar-refractivity contribution in [1.29, 1.82) is 0 Å². The van der Waals surface area contributed by atoms with Crippen LogP contribution in [0.4, 0.5) is 8.78 Å². The lowest BCUT2D eigenvalue weighted by Crippen LogP contribution is -2.22. The summed E-state index contributed by atoms with van der Waals surface area (Å²) in [5.74, 6) is -0.106. The third-order valence-electron chi connectivity index (χ3n) is 4.81. The molecule has 0 atom stereocenters. The van der Waals surface area contributed by atoms with Crippen LogP contribution in [0.1, 0.15) is 5.56 Å². The lowest BCUT2D eigenvalue weighted by atomic mass is 10.2. The van der Waals surface area contributed by atoms with Gasteiger partial charge in [0.25, 0.3) is 5.56 Å². The molecular formula is C19H12ClF2N3OS. The Bertz CT molecular complexity index is 1280. The maximum atomic E-state index is 14.4. The highest BCUT2D eigenvalue weighted by atomic mass is 35.5. The molecule has 136 valence electrons. The number of fused-ring (bicyclic) bond motifs is 4. The van der Waals surface area contributed by atoms with Crippen molar-refractivity contribution >= 4 is 45.3 Å². The van der Waals surface area contributed by atoms with Gasteiger partial charge in [-0.2, -0.15) is 0 Å². The lowest BCUT2D eigenvalue weighted by molar-refractivity contribution is 0.602. The molecule has 1 aliphatic heterocycles. The van der Waals surface area contributed by atoms with Crippen LogP contribution in [0.2, 0.25) is 5.02 Å². The molecular weight excluding hydrogens is 392 g/mol. The first-order valence-electron chi connectivity index (χ1n) is 8.32. The summed E-state index contributed by atoms with van der Waals surface area (Å²) in [7, 11) is 0. The van der Waals surface area contributed by atoms with Crippen molar-refractivity contribution in [2.45, 2.75) is 18.2 Å². The van der Waals surface area contributed by atoms with E-state index in [1.807, 2.05) is 0 Å². The van der Waals surface area contributed by atoms with Crippen molar-refractivity contribution in [3.63, 3.8) is 0 Å². The summed E-state index contributed by atoms with van der Waals surface area (Å²) < 4.78 is 31.6. The summed E-state index contributed by atoms with van der Waals surface area (Å²) in [4.78, 5) is 17.7. The Labute approximate surface area is 161 Å². The number of benzene rings is 2. The van der Waals surface area contributed by atoms with E-state index < -0.39 is 11.6 Å². The Morgan fingerprint density at radius 1 is 1.22 bits per heavy atom. The molecule has 0 fully saturated rings. The summed E-state index contributed by atoms with van der Waals surface area (Å²) >= 11 is 7.69. The van der Waals surface area contributed by atoms with E-state index in [1.54, 1.807) is 21.3 Å². The topological polar surface area (TPSA) is 39.8 Å². The van der Waals surface area contributed by atoms with E-state index in [1.165, 1.54) is 36.0 Å². The number of rotatable bonds is 2. The predicted octanol–water partition coefficient (Wildman–Crippen LogP) is 4.44. The zero-order valence-electron chi connectivity index (χ0n) is 13.9. The van der Waals surface area contributed by atoms with Gasteiger partial charge in [-0.15, -0.1) is 0 Å². The molecule has 5 rings (SSSR count). The predicted molar refractivity (Wildman–Crippen MR) is 103 cm³/mol. The van der Waals surface area contributed by atoms with Crippen molar-refractivity contribution in [2.24, 2.45) is 0 Å². The molecule has 27 heavy (non-hydrogen) atoms. The third kappa shape index (κ3) is 2.49. The van der Waals surface area contributed by atoms with Gasteiger partial charge >= 0.3 is 0 Å². The maximum Gasteiger partial charge on any atom is 0.278 e. The normalized spacial score (nSPS) is 13.6. The summed E-state index contributed by atoms with van der Waals surface area (Å²) in [5, 5.41) is 1.43. The molecule has 0 amide bonds. The van der Waals surface area contributed by atoms with E-state index in [-0.39, 0.29) is 22.7 Å². The molecule has 2 aromatic heterocycles. The summed E-state index contributed by atoms with van der Waals surface area (Å²) in [6.45, 7) is 0.624. The minimum atomic E-state index is -0.454. The van der Waals surface area contributed by atoms with Gasteiger partial charge < -0.3 is 4.57 Å². The molecule has 3 heterocycles. The third-order valence-corrected chi connectivity index (χ3v) is 6.12. The van der Waals surface area contributed by atoms with Gasteiger partial charge in [-0.25, -0.2) is 13.8 Å². The van der Waals surface area contributed by atoms with Crippen LogP contribution in [-0.4, -0.2) is 19.9 Å². The van der Waals surface area contributed by atoms with Crippen LogP contribution in [0, 0.1) is 11.6 Å². The highest BCUT2D eigenvalue weighted by molar-refractivity contribution is 7.99. The number of hydrogen-bond acceptors (Lipinski definition) is 3. The fourth-order valence-electron chi connectivity index (χ4n) is 3.55. The first kappa shape index (κ1) is 16.8. The van der Waals surface area contributed by atoms with Gasteiger partial charge in [0.1, 0.15) is 22.7 Å². The quantitative estimate of drug-likeness (QED) is 0.465. The smallest absolute Gasteiger partial charge is 0.278 e. The molecule has 0 saturated heterocycles. The largest absolute Gasteiger partial charge is 0.330 e. The van der Waals surface area contributed by atoms with Gasteiger partial charge in [0.15, 0.2) is 5.16 Å². The molecule has 2 aromatic carbocycles. The van der Waals surface area contributed by atoms with Crippen LogP contribution in [0.3, 0.4) is 0 Å². The number of hydrogen-bond donors (Lipinski definition) is 0. The van der Waals surface area contributed by atoms with Crippen molar-refractivity contribution in [1.82, 2.24) is 14.1 Å². The van der Waals surface area contributed by atoms with Crippen molar-refractivity contribution < 1.29 is 8.78 Å². The highest BCUT2D eigenvalue weighted by Crippen LogP contribution is 2.32. The molecule has 0 unspecified atom stereocenters. The summed E-state index contributed by atoms with van der Waals surface area (Å²) in [5.41, 5.74) is 1.46. The SMILES string of the molecule is O=c1c2c(nc3n1CCS3)c1cc(F)ccc1n2Cc1c(F)cccc1Cl. The van der Waals surface area contributed by atoms with Crippen LogP contribution >= 0.6 is 23.4 Å². The number of nitrogens with zero attached hydrogens (tertiary/aromatic N) is 3. The van der Waals surface area contributed by atoms with Crippen molar-refractivity contribution in [3.8, 4) is 0 Å². The summed E-state index contributed by atoms with van der Waals surface area (Å²) in [6.07, 6.45) is 0. The molecule has 0 N–H and O–H groups in total. The van der Waals surface area contributed by atoms with Gasteiger partial charge in [-0.3, -0.25) is 9.36 Å². The van der Waals surface area contributed by atoms with E-state index in [9.17, 15) is 13.6 Å². The Balaban J connectivity index is 1.89. The molecule has 0 bridgehead atoms. The Kier molecular flexibility index (Phi) is 3.77. The molecule has 4 nitrogen and oxygen atoms in total. The Morgan fingerprint density at radius 3 is 2.89 bits per heavy atom. The van der Waals surface area contributed by atoms with Gasteiger partial charge in [-0.1, -0.05) is 29.4 Å². The number of thioether (sulfide) groups is 1. The molecule has 8 heteroatoms. The zero-order valence-corrected chi connectivity index (χ0v) is 15.4. The van der Waals surface area contributed by atoms with Crippen LogP contribution in [-0.2, 0) is 13.1 Å². The van der Waals surface area contributed by atoms with Crippen LogP contribution in [0.25, 0.3) is 21.9 Å². The molecule has 0 radical (unpaired) electrons. The van der Waals surface area contributed by atoms with E-state index in [0.717, 1.165) is 5.75 Å².